The molecule has 1 aliphatic carbocycles. The molecule has 1 saturated carbocycles. The number of rotatable bonds is 2. The quantitative estimate of drug-likeness (QED) is 0.526. The predicted molar refractivity (Wildman–Crippen MR) is 50.6 cm³/mol. The van der Waals surface area contributed by atoms with Gasteiger partial charge in [-0.25, -0.2) is 0 Å². The van der Waals surface area contributed by atoms with E-state index in [-0.39, 0.29) is 0 Å². The maximum Gasteiger partial charge on any atom is -0.0231 e. The molecule has 1 fully saturated rings. The van der Waals surface area contributed by atoms with E-state index in [1.807, 2.05) is 0 Å². The summed E-state index contributed by atoms with van der Waals surface area (Å²) in [4.78, 5) is 0. The zero-order valence-corrected chi connectivity index (χ0v) is 7.90. The van der Waals surface area contributed by atoms with Crippen molar-refractivity contribution >= 4 is 0 Å². The lowest BCUT2D eigenvalue weighted by Gasteiger charge is -2.18. The summed E-state index contributed by atoms with van der Waals surface area (Å²) in [5.74, 6) is 0.920. The van der Waals surface area contributed by atoms with Crippen molar-refractivity contribution in [2.24, 2.45) is 5.92 Å². The molecule has 0 aromatic carbocycles. The highest BCUT2D eigenvalue weighted by Crippen LogP contribution is 2.25. The molecule has 0 radical (unpaired) electrons. The van der Waals surface area contributed by atoms with Gasteiger partial charge in [-0.3, -0.25) is 0 Å². The minimum absolute atomic E-state index is 0.920. The second-order valence-corrected chi connectivity index (χ2v) is 3.76. The average molecular weight is 152 g/mol. The maximum absolute atomic E-state index is 2.50. The molecule has 0 saturated heterocycles. The molecule has 0 aliphatic heterocycles. The molecule has 0 spiro atoms. The van der Waals surface area contributed by atoms with E-state index < -0.39 is 0 Å². The van der Waals surface area contributed by atoms with Gasteiger partial charge in [0.15, 0.2) is 0 Å². The third-order valence-electron chi connectivity index (χ3n) is 2.73. The topological polar surface area (TPSA) is 0 Å². The van der Waals surface area contributed by atoms with Crippen LogP contribution in [0, 0.1) is 5.92 Å². The molecular formula is C11H20. The maximum atomic E-state index is 2.50. The minimum atomic E-state index is 0.920. The fourth-order valence-corrected chi connectivity index (χ4v) is 1.82. The predicted octanol–water partition coefficient (Wildman–Crippen LogP) is 3.92. The van der Waals surface area contributed by atoms with E-state index in [9.17, 15) is 0 Å². The lowest BCUT2D eigenvalue weighted by atomic mass is 9.88. The molecular weight excluding hydrogens is 132 g/mol. The van der Waals surface area contributed by atoms with E-state index in [1.54, 1.807) is 5.57 Å². The van der Waals surface area contributed by atoms with Crippen LogP contribution in [0.15, 0.2) is 11.6 Å². The van der Waals surface area contributed by atoms with Crippen LogP contribution < -0.4 is 0 Å². The van der Waals surface area contributed by atoms with Gasteiger partial charge in [0.05, 0.1) is 0 Å². The van der Waals surface area contributed by atoms with Gasteiger partial charge in [0.2, 0.25) is 0 Å². The van der Waals surface area contributed by atoms with Crippen LogP contribution in [-0.2, 0) is 0 Å². The Hall–Kier alpha value is -0.260. The van der Waals surface area contributed by atoms with Gasteiger partial charge >= 0.3 is 0 Å². The highest BCUT2D eigenvalue weighted by atomic mass is 14.2. The fourth-order valence-electron chi connectivity index (χ4n) is 1.82. The van der Waals surface area contributed by atoms with E-state index in [0.717, 1.165) is 5.92 Å². The first kappa shape index (κ1) is 8.83. The second kappa shape index (κ2) is 4.58. The van der Waals surface area contributed by atoms with Crippen LogP contribution in [0.5, 0.6) is 0 Å². The molecule has 11 heavy (non-hydrogen) atoms. The van der Waals surface area contributed by atoms with Gasteiger partial charge in [-0.15, -0.1) is 0 Å². The molecule has 0 amide bonds. The molecule has 1 aliphatic rings. The summed E-state index contributed by atoms with van der Waals surface area (Å²) >= 11 is 0. The average Bonchev–Trinajstić information content (AvgIpc) is 2.06. The van der Waals surface area contributed by atoms with Crippen LogP contribution in [0.3, 0.4) is 0 Å². The van der Waals surface area contributed by atoms with Crippen LogP contribution in [0.2, 0.25) is 0 Å². The zero-order chi connectivity index (χ0) is 8.10. The number of allylic oxidation sites excluding steroid dienone is 2. The molecule has 0 nitrogen and oxygen atoms in total. The highest BCUT2D eigenvalue weighted by Gasteiger charge is 2.09. The zero-order valence-electron chi connectivity index (χ0n) is 7.90. The van der Waals surface area contributed by atoms with E-state index in [4.69, 9.17) is 0 Å². The monoisotopic (exact) mass is 152 g/mol. The summed E-state index contributed by atoms with van der Waals surface area (Å²) in [6.07, 6.45) is 11.0. The van der Waals surface area contributed by atoms with Crippen molar-refractivity contribution in [2.45, 2.75) is 52.4 Å². The van der Waals surface area contributed by atoms with Gasteiger partial charge in [0, 0.05) is 0 Å². The Balaban J connectivity index is 2.34. The largest absolute Gasteiger partial charge is 0.0825 e. The molecule has 0 heteroatoms. The first-order valence-corrected chi connectivity index (χ1v) is 5.00. The first-order chi connectivity index (χ1) is 5.33. The Morgan fingerprint density at radius 1 is 1.27 bits per heavy atom. The summed E-state index contributed by atoms with van der Waals surface area (Å²) in [6, 6.07) is 0. The molecule has 0 bridgehead atoms. The van der Waals surface area contributed by atoms with Crippen molar-refractivity contribution in [3.63, 3.8) is 0 Å². The Morgan fingerprint density at radius 3 is 2.45 bits per heavy atom. The van der Waals surface area contributed by atoms with E-state index in [2.05, 4.69) is 19.9 Å². The van der Waals surface area contributed by atoms with Gasteiger partial charge in [-0.2, -0.15) is 0 Å². The Labute approximate surface area is 70.7 Å². The van der Waals surface area contributed by atoms with Crippen LogP contribution in [-0.4, -0.2) is 0 Å². The Morgan fingerprint density at radius 2 is 1.91 bits per heavy atom. The summed E-state index contributed by atoms with van der Waals surface area (Å²) in [5.41, 5.74) is 1.58. The second-order valence-electron chi connectivity index (χ2n) is 3.76. The highest BCUT2D eigenvalue weighted by molar-refractivity contribution is 5.00. The van der Waals surface area contributed by atoms with Gasteiger partial charge in [0.25, 0.3) is 0 Å². The summed E-state index contributed by atoms with van der Waals surface area (Å²) < 4.78 is 0. The summed E-state index contributed by atoms with van der Waals surface area (Å²) in [5, 5.41) is 0. The fraction of sp³-hybridized carbons (Fsp3) is 0.818. The summed E-state index contributed by atoms with van der Waals surface area (Å²) in [6.45, 7) is 4.50. The molecule has 0 aromatic rings. The van der Waals surface area contributed by atoms with E-state index in [0.29, 0.717) is 0 Å². The van der Waals surface area contributed by atoms with Crippen molar-refractivity contribution in [2.75, 3.05) is 0 Å². The molecule has 64 valence electrons. The van der Waals surface area contributed by atoms with Crippen molar-refractivity contribution in [1.82, 2.24) is 0 Å². The minimum Gasteiger partial charge on any atom is -0.0825 e. The molecule has 0 unspecified atom stereocenters. The van der Waals surface area contributed by atoms with Gasteiger partial charge in [0.1, 0.15) is 0 Å². The first-order valence-electron chi connectivity index (χ1n) is 5.00. The third kappa shape index (κ3) is 3.09. The van der Waals surface area contributed by atoms with Crippen LogP contribution >= 0.6 is 0 Å². The Kier molecular flexibility index (Phi) is 3.68. The number of hydrogen-bond donors (Lipinski definition) is 0. The van der Waals surface area contributed by atoms with Crippen molar-refractivity contribution in [3.05, 3.63) is 11.6 Å². The normalized spacial score (nSPS) is 22.2. The number of hydrogen-bond acceptors (Lipinski definition) is 0. The Bertz CT molecular complexity index is 127. The summed E-state index contributed by atoms with van der Waals surface area (Å²) in [7, 11) is 0. The van der Waals surface area contributed by atoms with Crippen molar-refractivity contribution in [3.8, 4) is 0 Å². The van der Waals surface area contributed by atoms with Gasteiger partial charge in [-0.1, -0.05) is 37.8 Å². The molecule has 1 rings (SSSR count). The van der Waals surface area contributed by atoms with Gasteiger partial charge in [-0.05, 0) is 32.1 Å². The third-order valence-corrected chi connectivity index (χ3v) is 2.73. The van der Waals surface area contributed by atoms with E-state index in [1.165, 1.54) is 38.5 Å². The molecule has 0 N–H and O–H groups in total. The standard InChI is InChI=1S/C11H20/c1-3-10(2)9-11-7-5-4-6-8-11/h9,11H,3-8H2,1-2H3/b10-9-. The van der Waals surface area contributed by atoms with Gasteiger partial charge < -0.3 is 0 Å². The van der Waals surface area contributed by atoms with Crippen molar-refractivity contribution < 1.29 is 0 Å². The van der Waals surface area contributed by atoms with Crippen LogP contribution in [0.1, 0.15) is 52.4 Å². The van der Waals surface area contributed by atoms with Crippen molar-refractivity contribution in [1.29, 1.82) is 0 Å². The van der Waals surface area contributed by atoms with Crippen LogP contribution in [0.25, 0.3) is 0 Å². The van der Waals surface area contributed by atoms with E-state index >= 15 is 0 Å². The lowest BCUT2D eigenvalue weighted by molar-refractivity contribution is 0.417. The lowest BCUT2D eigenvalue weighted by Crippen LogP contribution is -2.03. The smallest absolute Gasteiger partial charge is 0.0231 e. The van der Waals surface area contributed by atoms with Crippen LogP contribution in [0.4, 0.5) is 0 Å². The molecule has 0 heterocycles. The molecule has 0 atom stereocenters. The molecule has 0 aromatic heterocycles. The SMILES string of the molecule is CC/C(C)=C\C1CCCCC1.